The lowest BCUT2D eigenvalue weighted by molar-refractivity contribution is -0.134. The third-order valence-corrected chi connectivity index (χ3v) is 12.2. The maximum absolute atomic E-state index is 14.9. The number of likely N-dealkylation sites (tertiary alicyclic amines) is 4. The highest BCUT2D eigenvalue weighted by Gasteiger charge is 2.42. The quantitative estimate of drug-likeness (QED) is 0.197. The van der Waals surface area contributed by atoms with Crippen LogP contribution < -0.4 is 0 Å². The first kappa shape index (κ1) is 39.4. The molecule has 8 rings (SSSR count). The molecule has 0 aliphatic carbocycles. The maximum Gasteiger partial charge on any atom is 0.240 e. The Labute approximate surface area is 329 Å². The van der Waals surface area contributed by atoms with Crippen LogP contribution in [0.15, 0.2) is 97.1 Å². The van der Waals surface area contributed by atoms with E-state index in [2.05, 4.69) is 62.4 Å². The summed E-state index contributed by atoms with van der Waals surface area (Å²) in [6, 6.07) is 29.7. The number of carbonyl (C=O) groups excluding carboxylic acids is 2. The van der Waals surface area contributed by atoms with Gasteiger partial charge in [0.05, 0.1) is 12.1 Å². The topological polar surface area (TPSA) is 87.6 Å². The zero-order chi connectivity index (χ0) is 39.3. The lowest BCUT2D eigenvalue weighted by Crippen LogP contribution is -2.49. The molecule has 0 spiro atoms. The SMILES string of the molecule is Cc1ccc(CN2CCC(N3CC[C@@H](c4ccc(O)cc4)[C@@H](F)C3)C2=O)cc1.Cc1ccc(CN2CCC(N3CC[C@H](c4ccc(O)cc4)[C@H](F)C3)C2=O)cc1. The van der Waals surface area contributed by atoms with Gasteiger partial charge in [0.25, 0.3) is 0 Å². The van der Waals surface area contributed by atoms with E-state index >= 15 is 0 Å². The number of piperidine rings is 2. The summed E-state index contributed by atoms with van der Waals surface area (Å²) in [6.45, 7) is 8.84. The van der Waals surface area contributed by atoms with E-state index in [0.29, 0.717) is 39.0 Å². The highest BCUT2D eigenvalue weighted by Crippen LogP contribution is 2.35. The van der Waals surface area contributed by atoms with E-state index in [-0.39, 0.29) is 47.2 Å². The molecular weight excluding hydrogens is 711 g/mol. The van der Waals surface area contributed by atoms with Crippen LogP contribution >= 0.6 is 0 Å². The molecule has 10 heteroatoms. The van der Waals surface area contributed by atoms with E-state index in [0.717, 1.165) is 61.3 Å². The van der Waals surface area contributed by atoms with E-state index < -0.39 is 12.3 Å². The number of amides is 2. The minimum Gasteiger partial charge on any atom is -0.508 e. The molecule has 0 saturated carbocycles. The second-order valence-electron chi connectivity index (χ2n) is 16.1. The van der Waals surface area contributed by atoms with E-state index in [4.69, 9.17) is 0 Å². The second kappa shape index (κ2) is 17.6. The van der Waals surface area contributed by atoms with Crippen molar-refractivity contribution in [3.8, 4) is 11.5 Å². The molecule has 0 aromatic heterocycles. The summed E-state index contributed by atoms with van der Waals surface area (Å²) in [7, 11) is 0. The summed E-state index contributed by atoms with van der Waals surface area (Å²) >= 11 is 0. The number of phenolic OH excluding ortho intramolecular Hbond substituents is 2. The Bertz CT molecular complexity index is 1780. The average molecular weight is 765 g/mol. The van der Waals surface area contributed by atoms with Crippen LogP contribution in [0.2, 0.25) is 0 Å². The smallest absolute Gasteiger partial charge is 0.240 e. The molecule has 56 heavy (non-hydrogen) atoms. The van der Waals surface area contributed by atoms with E-state index in [1.54, 1.807) is 48.5 Å². The highest BCUT2D eigenvalue weighted by molar-refractivity contribution is 5.84. The molecule has 4 saturated heterocycles. The summed E-state index contributed by atoms with van der Waals surface area (Å²) in [5.74, 6) is 0.296. The first-order chi connectivity index (χ1) is 27.0. The summed E-state index contributed by atoms with van der Waals surface area (Å²) in [6.07, 6.45) is 0.902. The van der Waals surface area contributed by atoms with Crippen LogP contribution in [0.4, 0.5) is 8.78 Å². The van der Waals surface area contributed by atoms with Gasteiger partial charge >= 0.3 is 0 Å². The van der Waals surface area contributed by atoms with E-state index in [9.17, 15) is 28.6 Å². The number of rotatable bonds is 8. The number of hydrogen-bond donors (Lipinski definition) is 2. The Balaban J connectivity index is 0.000000172. The van der Waals surface area contributed by atoms with Gasteiger partial charge < -0.3 is 20.0 Å². The normalized spacial score (nSPS) is 26.0. The molecule has 0 bridgehead atoms. The van der Waals surface area contributed by atoms with Crippen molar-refractivity contribution >= 4 is 11.8 Å². The Morgan fingerprint density at radius 1 is 0.518 bits per heavy atom. The highest BCUT2D eigenvalue weighted by atomic mass is 19.1. The molecular formula is C46H54F2N4O4. The molecule has 8 nitrogen and oxygen atoms in total. The minimum absolute atomic E-state index is 0.121. The van der Waals surface area contributed by atoms with Gasteiger partial charge in [-0.3, -0.25) is 19.4 Å². The fourth-order valence-corrected chi connectivity index (χ4v) is 8.88. The fourth-order valence-electron chi connectivity index (χ4n) is 8.88. The predicted octanol–water partition coefficient (Wildman–Crippen LogP) is 7.26. The fraction of sp³-hybridized carbons (Fsp3) is 0.435. The number of alkyl halides is 2. The molecule has 2 amide bonds. The zero-order valence-electron chi connectivity index (χ0n) is 32.4. The molecule has 296 valence electrons. The molecule has 4 aliphatic heterocycles. The summed E-state index contributed by atoms with van der Waals surface area (Å²) in [5, 5.41) is 18.9. The number of phenols is 2. The lowest BCUT2D eigenvalue weighted by Gasteiger charge is -2.37. The number of aryl methyl sites for hydroxylation is 2. The first-order valence-corrected chi connectivity index (χ1v) is 20.0. The van der Waals surface area contributed by atoms with Crippen LogP contribution in [0.5, 0.6) is 11.5 Å². The van der Waals surface area contributed by atoms with Gasteiger partial charge in [0.2, 0.25) is 11.8 Å². The third kappa shape index (κ3) is 9.24. The average Bonchev–Trinajstić information content (AvgIpc) is 3.75. The van der Waals surface area contributed by atoms with Crippen molar-refractivity contribution in [2.45, 2.75) is 88.9 Å². The summed E-state index contributed by atoms with van der Waals surface area (Å²) in [5.41, 5.74) is 6.52. The van der Waals surface area contributed by atoms with Gasteiger partial charge in [0.15, 0.2) is 0 Å². The molecule has 4 aromatic rings. The standard InChI is InChI=1S/2C23H27FN2O2/c2*1-16-2-4-17(5-3-16)14-26-13-11-22(23(26)28)25-12-10-20(21(24)15-25)18-6-8-19(27)9-7-18/h2*2-9,20-22,27H,10-15H2,1H3/t2*20-,21-,22?/m10/s1. The van der Waals surface area contributed by atoms with Gasteiger partial charge in [0.1, 0.15) is 23.8 Å². The predicted molar refractivity (Wildman–Crippen MR) is 214 cm³/mol. The molecule has 4 heterocycles. The van der Waals surface area contributed by atoms with Gasteiger partial charge in [0, 0.05) is 51.1 Å². The lowest BCUT2D eigenvalue weighted by atomic mass is 9.87. The van der Waals surface area contributed by atoms with Crippen molar-refractivity contribution in [2.75, 3.05) is 39.3 Å². The van der Waals surface area contributed by atoms with Gasteiger partial charge in [-0.2, -0.15) is 0 Å². The van der Waals surface area contributed by atoms with Gasteiger partial charge in [-0.15, -0.1) is 0 Å². The van der Waals surface area contributed by atoms with Crippen LogP contribution in [0, 0.1) is 13.8 Å². The molecule has 0 radical (unpaired) electrons. The van der Waals surface area contributed by atoms with Crippen molar-refractivity contribution in [3.05, 3.63) is 130 Å². The number of carbonyl (C=O) groups is 2. The number of aromatic hydroxyl groups is 2. The first-order valence-electron chi connectivity index (χ1n) is 20.0. The number of halogens is 2. The Morgan fingerprint density at radius 3 is 1.21 bits per heavy atom. The Morgan fingerprint density at radius 2 is 0.875 bits per heavy atom. The Hall–Kier alpha value is -4.80. The number of benzene rings is 4. The molecule has 2 unspecified atom stereocenters. The van der Waals surface area contributed by atoms with Crippen molar-refractivity contribution in [3.63, 3.8) is 0 Å². The van der Waals surface area contributed by atoms with Crippen LogP contribution in [-0.4, -0.2) is 105 Å². The summed E-state index contributed by atoms with van der Waals surface area (Å²) < 4.78 is 29.8. The number of nitrogens with zero attached hydrogens (tertiary/aromatic N) is 4. The monoisotopic (exact) mass is 764 g/mol. The minimum atomic E-state index is -1.00. The molecule has 4 aliphatic rings. The van der Waals surface area contributed by atoms with Gasteiger partial charge in [-0.1, -0.05) is 83.9 Å². The van der Waals surface area contributed by atoms with Crippen molar-refractivity contribution in [1.82, 2.24) is 19.6 Å². The van der Waals surface area contributed by atoms with Crippen LogP contribution in [0.25, 0.3) is 0 Å². The van der Waals surface area contributed by atoms with Crippen molar-refractivity contribution in [2.24, 2.45) is 0 Å². The molecule has 2 N–H and O–H groups in total. The van der Waals surface area contributed by atoms with Crippen LogP contribution in [0.3, 0.4) is 0 Å². The Kier molecular flexibility index (Phi) is 12.4. The zero-order valence-corrected chi connectivity index (χ0v) is 32.4. The molecule has 6 atom stereocenters. The number of hydrogen-bond acceptors (Lipinski definition) is 6. The molecule has 4 aromatic carbocycles. The molecule has 4 fully saturated rings. The van der Waals surface area contributed by atoms with Crippen LogP contribution in [0.1, 0.15) is 70.9 Å². The maximum atomic E-state index is 14.9. The van der Waals surface area contributed by atoms with Crippen molar-refractivity contribution < 1.29 is 28.6 Å². The van der Waals surface area contributed by atoms with Crippen molar-refractivity contribution in [1.29, 1.82) is 0 Å². The second-order valence-corrected chi connectivity index (χ2v) is 16.1. The largest absolute Gasteiger partial charge is 0.508 e. The van der Waals surface area contributed by atoms with E-state index in [1.807, 2.05) is 19.6 Å². The van der Waals surface area contributed by atoms with E-state index in [1.165, 1.54) is 11.1 Å². The van der Waals surface area contributed by atoms with Gasteiger partial charge in [-0.25, -0.2) is 8.78 Å². The van der Waals surface area contributed by atoms with Gasteiger partial charge in [-0.05, 0) is 99.1 Å². The summed E-state index contributed by atoms with van der Waals surface area (Å²) in [4.78, 5) is 33.7. The van der Waals surface area contributed by atoms with Crippen LogP contribution in [-0.2, 0) is 22.7 Å². The third-order valence-electron chi connectivity index (χ3n) is 12.2.